The van der Waals surface area contributed by atoms with E-state index >= 15 is 0 Å². The molecule has 0 unspecified atom stereocenters. The highest BCUT2D eigenvalue weighted by molar-refractivity contribution is 5.79. The number of hydrogen-bond donors (Lipinski definition) is 1. The second-order valence-corrected chi connectivity index (χ2v) is 5.01. The summed E-state index contributed by atoms with van der Waals surface area (Å²) in [6.45, 7) is 5.02. The molecule has 96 valence electrons. The van der Waals surface area contributed by atoms with Gasteiger partial charge in [0, 0.05) is 26.2 Å². The molecule has 2 fully saturated rings. The van der Waals surface area contributed by atoms with Crippen molar-refractivity contribution >= 4 is 11.9 Å². The van der Waals surface area contributed by atoms with Gasteiger partial charge in [-0.1, -0.05) is 0 Å². The van der Waals surface area contributed by atoms with Crippen molar-refractivity contribution in [3.05, 3.63) is 0 Å². The zero-order chi connectivity index (χ0) is 12.5. The Morgan fingerprint density at radius 1 is 1.35 bits per heavy atom. The fourth-order valence-electron chi connectivity index (χ4n) is 2.20. The Labute approximate surface area is 100 Å². The van der Waals surface area contributed by atoms with Crippen molar-refractivity contribution < 1.29 is 19.4 Å². The highest BCUT2D eigenvalue weighted by Gasteiger charge is 2.41. The standard InChI is InChI=1S/C11H18N2O4/c1-11(17-6-10(15)16)7-12(8-11)5-9(14)13-3-2-4-13/h2-8H2,1H3,(H,15,16). The fraction of sp³-hybridized carbons (Fsp3) is 0.818. The molecule has 6 nitrogen and oxygen atoms in total. The highest BCUT2D eigenvalue weighted by atomic mass is 16.5. The average Bonchev–Trinajstić information content (AvgIpc) is 2.09. The molecule has 0 radical (unpaired) electrons. The van der Waals surface area contributed by atoms with Gasteiger partial charge in [-0.15, -0.1) is 0 Å². The van der Waals surface area contributed by atoms with Crippen molar-refractivity contribution in [2.75, 3.05) is 39.3 Å². The van der Waals surface area contributed by atoms with Crippen molar-refractivity contribution in [2.24, 2.45) is 0 Å². The van der Waals surface area contributed by atoms with Crippen molar-refractivity contribution in [3.8, 4) is 0 Å². The summed E-state index contributed by atoms with van der Waals surface area (Å²) in [4.78, 5) is 25.9. The molecular formula is C11H18N2O4. The third-order valence-corrected chi connectivity index (χ3v) is 3.23. The van der Waals surface area contributed by atoms with E-state index in [1.807, 2.05) is 16.7 Å². The van der Waals surface area contributed by atoms with E-state index in [4.69, 9.17) is 9.84 Å². The van der Waals surface area contributed by atoms with Crippen LogP contribution < -0.4 is 0 Å². The normalized spacial score (nSPS) is 22.8. The van der Waals surface area contributed by atoms with E-state index in [-0.39, 0.29) is 12.5 Å². The van der Waals surface area contributed by atoms with Gasteiger partial charge in [0.05, 0.1) is 12.1 Å². The minimum absolute atomic E-state index is 0.163. The smallest absolute Gasteiger partial charge is 0.329 e. The lowest BCUT2D eigenvalue weighted by atomic mass is 9.96. The topological polar surface area (TPSA) is 70.1 Å². The summed E-state index contributed by atoms with van der Waals surface area (Å²) in [6, 6.07) is 0. The fourth-order valence-corrected chi connectivity index (χ4v) is 2.20. The number of likely N-dealkylation sites (tertiary alicyclic amines) is 2. The Hall–Kier alpha value is -1.14. The van der Waals surface area contributed by atoms with Gasteiger partial charge in [0.1, 0.15) is 6.61 Å². The Bertz CT molecular complexity index is 321. The molecule has 2 saturated heterocycles. The second kappa shape index (κ2) is 4.62. The molecule has 0 aromatic heterocycles. The van der Waals surface area contributed by atoms with Crippen LogP contribution in [-0.4, -0.2) is 71.7 Å². The van der Waals surface area contributed by atoms with E-state index < -0.39 is 11.6 Å². The number of rotatable bonds is 5. The van der Waals surface area contributed by atoms with E-state index in [9.17, 15) is 9.59 Å². The Balaban J connectivity index is 1.67. The number of carbonyl (C=O) groups is 2. The van der Waals surface area contributed by atoms with Crippen LogP contribution in [0.4, 0.5) is 0 Å². The predicted molar refractivity (Wildman–Crippen MR) is 59.6 cm³/mol. The molecule has 0 aromatic carbocycles. The molecule has 0 spiro atoms. The van der Waals surface area contributed by atoms with Crippen LogP contribution in [0.1, 0.15) is 13.3 Å². The van der Waals surface area contributed by atoms with Crippen molar-refractivity contribution in [1.82, 2.24) is 9.80 Å². The summed E-state index contributed by atoms with van der Waals surface area (Å²) in [5, 5.41) is 8.52. The number of carboxylic acids is 1. The van der Waals surface area contributed by atoms with Crippen LogP contribution >= 0.6 is 0 Å². The largest absolute Gasteiger partial charge is 0.480 e. The Kier molecular flexibility index (Phi) is 3.35. The lowest BCUT2D eigenvalue weighted by Gasteiger charge is -2.47. The van der Waals surface area contributed by atoms with Crippen LogP contribution in [0.5, 0.6) is 0 Å². The zero-order valence-corrected chi connectivity index (χ0v) is 10.0. The summed E-state index contributed by atoms with van der Waals surface area (Å²) in [5.41, 5.74) is -0.409. The number of amides is 1. The third kappa shape index (κ3) is 2.95. The van der Waals surface area contributed by atoms with Gasteiger partial charge in [-0.25, -0.2) is 4.79 Å². The van der Waals surface area contributed by atoms with Crippen LogP contribution in [0.15, 0.2) is 0 Å². The summed E-state index contributed by atoms with van der Waals surface area (Å²) in [6.07, 6.45) is 1.10. The zero-order valence-electron chi connectivity index (χ0n) is 10.0. The van der Waals surface area contributed by atoms with E-state index in [1.165, 1.54) is 0 Å². The van der Waals surface area contributed by atoms with E-state index in [0.717, 1.165) is 19.5 Å². The predicted octanol–water partition coefficient (Wildman–Crippen LogP) is -0.606. The Morgan fingerprint density at radius 3 is 2.47 bits per heavy atom. The van der Waals surface area contributed by atoms with E-state index in [1.54, 1.807) is 0 Å². The molecule has 0 atom stereocenters. The number of hydrogen-bond acceptors (Lipinski definition) is 4. The first-order chi connectivity index (χ1) is 7.98. The van der Waals surface area contributed by atoms with Crippen LogP contribution in [0.3, 0.4) is 0 Å². The monoisotopic (exact) mass is 242 g/mol. The molecule has 1 N–H and O–H groups in total. The first-order valence-electron chi connectivity index (χ1n) is 5.84. The Morgan fingerprint density at radius 2 is 2.00 bits per heavy atom. The summed E-state index contributed by atoms with van der Waals surface area (Å²) >= 11 is 0. The quantitative estimate of drug-likeness (QED) is 0.696. The van der Waals surface area contributed by atoms with Gasteiger partial charge < -0.3 is 14.7 Å². The van der Waals surface area contributed by atoms with Gasteiger partial charge in [-0.2, -0.15) is 0 Å². The third-order valence-electron chi connectivity index (χ3n) is 3.23. The maximum absolute atomic E-state index is 11.7. The molecule has 2 aliphatic rings. The summed E-state index contributed by atoms with van der Waals surface area (Å²) in [5.74, 6) is -0.794. The van der Waals surface area contributed by atoms with Crippen LogP contribution in [0, 0.1) is 0 Å². The molecule has 0 bridgehead atoms. The maximum atomic E-state index is 11.7. The molecule has 2 heterocycles. The van der Waals surface area contributed by atoms with E-state index in [0.29, 0.717) is 19.6 Å². The molecule has 0 saturated carbocycles. The van der Waals surface area contributed by atoms with Gasteiger partial charge in [0.25, 0.3) is 0 Å². The van der Waals surface area contributed by atoms with Gasteiger partial charge in [-0.3, -0.25) is 9.69 Å². The molecular weight excluding hydrogens is 224 g/mol. The SMILES string of the molecule is CC1(OCC(=O)O)CN(CC(=O)N2CCC2)C1. The van der Waals surface area contributed by atoms with Gasteiger partial charge in [-0.05, 0) is 13.3 Å². The van der Waals surface area contributed by atoms with Gasteiger partial charge >= 0.3 is 5.97 Å². The molecule has 0 aliphatic carbocycles. The van der Waals surface area contributed by atoms with Crippen LogP contribution in [-0.2, 0) is 14.3 Å². The number of aliphatic carboxylic acids is 1. The highest BCUT2D eigenvalue weighted by Crippen LogP contribution is 2.24. The van der Waals surface area contributed by atoms with Gasteiger partial charge in [0.2, 0.25) is 5.91 Å². The number of ether oxygens (including phenoxy) is 1. The average molecular weight is 242 g/mol. The van der Waals surface area contributed by atoms with Crippen LogP contribution in [0.2, 0.25) is 0 Å². The van der Waals surface area contributed by atoms with E-state index in [2.05, 4.69) is 0 Å². The van der Waals surface area contributed by atoms with Crippen LogP contribution in [0.25, 0.3) is 0 Å². The van der Waals surface area contributed by atoms with Gasteiger partial charge in [0.15, 0.2) is 0 Å². The molecule has 6 heteroatoms. The number of carboxylic acid groups (broad SMARTS) is 1. The molecule has 0 aromatic rings. The first kappa shape index (κ1) is 12.3. The molecule has 2 rings (SSSR count). The summed E-state index contributed by atoms with van der Waals surface area (Å²) in [7, 11) is 0. The second-order valence-electron chi connectivity index (χ2n) is 5.01. The summed E-state index contributed by atoms with van der Waals surface area (Å²) < 4.78 is 5.27. The molecule has 2 aliphatic heterocycles. The number of carbonyl (C=O) groups excluding carboxylic acids is 1. The maximum Gasteiger partial charge on any atom is 0.329 e. The molecule has 1 amide bonds. The minimum atomic E-state index is -0.957. The first-order valence-corrected chi connectivity index (χ1v) is 5.84. The van der Waals surface area contributed by atoms with Crippen molar-refractivity contribution in [3.63, 3.8) is 0 Å². The van der Waals surface area contributed by atoms with Crippen molar-refractivity contribution in [2.45, 2.75) is 18.9 Å². The number of nitrogens with zero attached hydrogens (tertiary/aromatic N) is 2. The lowest BCUT2D eigenvalue weighted by molar-refractivity contribution is -0.168. The molecule has 17 heavy (non-hydrogen) atoms. The lowest BCUT2D eigenvalue weighted by Crippen LogP contribution is -2.64. The van der Waals surface area contributed by atoms with Crippen molar-refractivity contribution in [1.29, 1.82) is 0 Å². The minimum Gasteiger partial charge on any atom is -0.480 e.